The predicted molar refractivity (Wildman–Crippen MR) is 90.9 cm³/mol. The molecule has 0 spiro atoms. The summed E-state index contributed by atoms with van der Waals surface area (Å²) in [6, 6.07) is 12.9. The van der Waals surface area contributed by atoms with E-state index in [-0.39, 0.29) is 12.8 Å². The highest BCUT2D eigenvalue weighted by Gasteiger charge is 2.13. The number of urea groups is 1. The van der Waals surface area contributed by atoms with Crippen LogP contribution in [-0.2, 0) is 6.42 Å². The number of benzene rings is 2. The van der Waals surface area contributed by atoms with Crippen molar-refractivity contribution in [3.8, 4) is 17.2 Å². The molecule has 2 aromatic rings. The van der Waals surface area contributed by atoms with Gasteiger partial charge in [-0.3, -0.25) is 0 Å². The lowest BCUT2D eigenvalue weighted by molar-refractivity contribution is 0.174. The molecule has 0 aromatic heterocycles. The van der Waals surface area contributed by atoms with Crippen LogP contribution < -0.4 is 24.8 Å². The molecule has 0 unspecified atom stereocenters. The van der Waals surface area contributed by atoms with Gasteiger partial charge in [-0.2, -0.15) is 0 Å². The first-order chi connectivity index (χ1) is 11.7. The van der Waals surface area contributed by atoms with Gasteiger partial charge in [0.05, 0.1) is 6.54 Å². The molecule has 24 heavy (non-hydrogen) atoms. The molecule has 0 fully saturated rings. The molecular weight excluding hydrogens is 308 g/mol. The lowest BCUT2D eigenvalue weighted by Crippen LogP contribution is -2.32. The number of fused-ring (bicyclic) bond motifs is 1. The number of ether oxygens (including phenoxy) is 3. The predicted octanol–water partition coefficient (Wildman–Crippen LogP) is 3.18. The number of aryl methyl sites for hydroxylation is 1. The molecule has 2 aromatic carbocycles. The van der Waals surface area contributed by atoms with Crippen molar-refractivity contribution in [1.82, 2.24) is 5.32 Å². The summed E-state index contributed by atoms with van der Waals surface area (Å²) >= 11 is 0. The summed E-state index contributed by atoms with van der Waals surface area (Å²) in [7, 11) is 0. The Balaban J connectivity index is 1.41. The van der Waals surface area contributed by atoms with Crippen LogP contribution in [0.1, 0.15) is 12.5 Å². The van der Waals surface area contributed by atoms with Gasteiger partial charge in [0.1, 0.15) is 12.4 Å². The molecule has 0 radical (unpaired) electrons. The molecule has 6 heteroatoms. The lowest BCUT2D eigenvalue weighted by Gasteiger charge is -2.10. The quantitative estimate of drug-likeness (QED) is 0.799. The fourth-order valence-corrected chi connectivity index (χ4v) is 2.34. The van der Waals surface area contributed by atoms with E-state index >= 15 is 0 Å². The van der Waals surface area contributed by atoms with Gasteiger partial charge in [-0.05, 0) is 36.2 Å². The molecule has 0 saturated carbocycles. The van der Waals surface area contributed by atoms with Crippen molar-refractivity contribution in [2.24, 2.45) is 0 Å². The van der Waals surface area contributed by atoms with Gasteiger partial charge in [-0.25, -0.2) is 4.79 Å². The highest BCUT2D eigenvalue weighted by molar-refractivity contribution is 5.89. The minimum absolute atomic E-state index is 0.210. The number of hydrogen-bond donors (Lipinski definition) is 2. The van der Waals surface area contributed by atoms with E-state index in [9.17, 15) is 4.79 Å². The molecule has 0 bridgehead atoms. The normalized spacial score (nSPS) is 11.9. The zero-order valence-electron chi connectivity index (χ0n) is 13.5. The summed E-state index contributed by atoms with van der Waals surface area (Å²) in [6.45, 7) is 3.12. The van der Waals surface area contributed by atoms with Crippen LogP contribution in [0.3, 0.4) is 0 Å². The minimum Gasteiger partial charge on any atom is -0.492 e. The van der Waals surface area contributed by atoms with Crippen molar-refractivity contribution in [2.45, 2.75) is 13.3 Å². The molecule has 0 saturated heterocycles. The maximum Gasteiger partial charge on any atom is 0.319 e. The molecule has 0 atom stereocenters. The van der Waals surface area contributed by atoms with Crippen molar-refractivity contribution in [3.63, 3.8) is 0 Å². The molecule has 0 aliphatic carbocycles. The summed E-state index contributed by atoms with van der Waals surface area (Å²) in [4.78, 5) is 11.9. The number of nitrogens with one attached hydrogen (secondary N) is 2. The first-order valence-electron chi connectivity index (χ1n) is 7.91. The number of carbonyl (C=O) groups is 1. The molecule has 1 aliphatic rings. The Bertz CT molecular complexity index is 718. The van der Waals surface area contributed by atoms with Crippen molar-refractivity contribution in [3.05, 3.63) is 48.0 Å². The Kier molecular flexibility index (Phi) is 5.05. The smallest absolute Gasteiger partial charge is 0.319 e. The molecule has 2 amide bonds. The topological polar surface area (TPSA) is 68.8 Å². The highest BCUT2D eigenvalue weighted by atomic mass is 16.7. The summed E-state index contributed by atoms with van der Waals surface area (Å²) in [5.41, 5.74) is 1.87. The van der Waals surface area contributed by atoms with E-state index in [1.807, 2.05) is 18.2 Å². The third kappa shape index (κ3) is 4.10. The second kappa shape index (κ2) is 7.59. The van der Waals surface area contributed by atoms with Crippen molar-refractivity contribution in [2.75, 3.05) is 25.3 Å². The molecule has 6 nitrogen and oxygen atoms in total. The van der Waals surface area contributed by atoms with Crippen LogP contribution in [0.2, 0.25) is 0 Å². The molecule has 3 rings (SSSR count). The van der Waals surface area contributed by atoms with Crippen molar-refractivity contribution < 1.29 is 19.0 Å². The van der Waals surface area contributed by atoms with Crippen LogP contribution in [0.5, 0.6) is 17.2 Å². The molecule has 126 valence electrons. The minimum atomic E-state index is -0.292. The van der Waals surface area contributed by atoms with Gasteiger partial charge in [0.25, 0.3) is 0 Å². The molecule has 1 aliphatic heterocycles. The average molecular weight is 328 g/mol. The SMILES string of the molecule is CCc1cccc(OCCNC(=O)Nc2ccc3c(c2)OCO3)c1. The Morgan fingerprint density at radius 3 is 2.92 bits per heavy atom. The van der Waals surface area contributed by atoms with E-state index in [0.29, 0.717) is 30.3 Å². The summed E-state index contributed by atoms with van der Waals surface area (Å²) < 4.78 is 16.1. The Morgan fingerprint density at radius 1 is 1.17 bits per heavy atom. The number of amides is 2. The van der Waals surface area contributed by atoms with E-state index in [4.69, 9.17) is 14.2 Å². The molecular formula is C18H20N2O4. The van der Waals surface area contributed by atoms with Gasteiger partial charge < -0.3 is 24.8 Å². The summed E-state index contributed by atoms with van der Waals surface area (Å²) in [5.74, 6) is 2.13. The van der Waals surface area contributed by atoms with Crippen LogP contribution >= 0.6 is 0 Å². The largest absolute Gasteiger partial charge is 0.492 e. The van der Waals surface area contributed by atoms with E-state index in [0.717, 1.165) is 12.2 Å². The van der Waals surface area contributed by atoms with Crippen molar-refractivity contribution >= 4 is 11.7 Å². The Labute approximate surface area is 140 Å². The zero-order chi connectivity index (χ0) is 16.8. The first kappa shape index (κ1) is 16.0. The van der Waals surface area contributed by atoms with Crippen LogP contribution in [0.4, 0.5) is 10.5 Å². The maximum atomic E-state index is 11.9. The zero-order valence-corrected chi connectivity index (χ0v) is 13.5. The second-order valence-electron chi connectivity index (χ2n) is 5.30. The average Bonchev–Trinajstić information content (AvgIpc) is 3.06. The highest BCUT2D eigenvalue weighted by Crippen LogP contribution is 2.34. The number of rotatable bonds is 6. The van der Waals surface area contributed by atoms with Gasteiger partial charge in [0, 0.05) is 11.8 Å². The van der Waals surface area contributed by atoms with Crippen LogP contribution in [-0.4, -0.2) is 26.0 Å². The van der Waals surface area contributed by atoms with Gasteiger partial charge in [0.2, 0.25) is 6.79 Å². The van der Waals surface area contributed by atoms with Gasteiger partial charge in [0.15, 0.2) is 11.5 Å². The number of hydrogen-bond acceptors (Lipinski definition) is 4. The van der Waals surface area contributed by atoms with Crippen LogP contribution in [0.15, 0.2) is 42.5 Å². The van der Waals surface area contributed by atoms with E-state index in [1.165, 1.54) is 5.56 Å². The molecule has 2 N–H and O–H groups in total. The van der Waals surface area contributed by atoms with E-state index in [2.05, 4.69) is 23.6 Å². The lowest BCUT2D eigenvalue weighted by atomic mass is 10.2. The van der Waals surface area contributed by atoms with E-state index < -0.39 is 0 Å². The standard InChI is InChI=1S/C18H20N2O4/c1-2-13-4-3-5-15(10-13)22-9-8-19-18(21)20-14-6-7-16-17(11-14)24-12-23-16/h3-7,10-11H,2,8-9,12H2,1H3,(H2,19,20,21). The van der Waals surface area contributed by atoms with E-state index in [1.54, 1.807) is 18.2 Å². The fraction of sp³-hybridized carbons (Fsp3) is 0.278. The maximum absolute atomic E-state index is 11.9. The van der Waals surface area contributed by atoms with Gasteiger partial charge >= 0.3 is 6.03 Å². The summed E-state index contributed by atoms with van der Waals surface area (Å²) in [6.07, 6.45) is 0.966. The van der Waals surface area contributed by atoms with Gasteiger partial charge in [-0.15, -0.1) is 0 Å². The van der Waals surface area contributed by atoms with Crippen LogP contribution in [0.25, 0.3) is 0 Å². The number of anilines is 1. The Morgan fingerprint density at radius 2 is 2.04 bits per heavy atom. The van der Waals surface area contributed by atoms with Crippen molar-refractivity contribution in [1.29, 1.82) is 0 Å². The second-order valence-corrected chi connectivity index (χ2v) is 5.30. The monoisotopic (exact) mass is 328 g/mol. The Hall–Kier alpha value is -2.89. The fourth-order valence-electron chi connectivity index (χ4n) is 2.34. The third-order valence-corrected chi connectivity index (χ3v) is 3.59. The number of carbonyl (C=O) groups excluding carboxylic acids is 1. The third-order valence-electron chi connectivity index (χ3n) is 3.59. The van der Waals surface area contributed by atoms with Gasteiger partial charge in [-0.1, -0.05) is 19.1 Å². The first-order valence-corrected chi connectivity index (χ1v) is 7.91. The summed E-state index contributed by atoms with van der Waals surface area (Å²) in [5, 5.41) is 5.50. The molecule has 1 heterocycles. The van der Waals surface area contributed by atoms with Crippen LogP contribution in [0, 0.1) is 0 Å².